The van der Waals surface area contributed by atoms with E-state index in [0.717, 1.165) is 32.0 Å². The standard InChI is InChI=1S/C16H21Cl2FN2O/c1-10(2)21-6-4-11(5-7-21)20(3)16(22)12-8-15(19)14(18)9-13(12)17/h8-11H,4-7H2,1-3H3. The molecule has 0 bridgehead atoms. The molecule has 1 aliphatic heterocycles. The molecule has 1 heterocycles. The minimum atomic E-state index is -0.627. The van der Waals surface area contributed by atoms with Crippen LogP contribution in [-0.2, 0) is 0 Å². The summed E-state index contributed by atoms with van der Waals surface area (Å²) in [6.45, 7) is 6.27. The molecule has 122 valence electrons. The molecular formula is C16H21Cl2FN2O. The smallest absolute Gasteiger partial charge is 0.255 e. The highest BCUT2D eigenvalue weighted by Gasteiger charge is 2.28. The van der Waals surface area contributed by atoms with Crippen molar-refractivity contribution >= 4 is 29.1 Å². The monoisotopic (exact) mass is 346 g/mol. The fourth-order valence-corrected chi connectivity index (χ4v) is 3.30. The Hall–Kier alpha value is -0.840. The van der Waals surface area contributed by atoms with E-state index in [1.165, 1.54) is 6.07 Å². The largest absolute Gasteiger partial charge is 0.339 e. The van der Waals surface area contributed by atoms with E-state index >= 15 is 0 Å². The van der Waals surface area contributed by atoms with E-state index in [4.69, 9.17) is 23.2 Å². The van der Waals surface area contributed by atoms with E-state index in [1.807, 2.05) is 0 Å². The number of carbonyl (C=O) groups is 1. The Kier molecular flexibility index (Phi) is 5.70. The van der Waals surface area contributed by atoms with Crippen LogP contribution in [0.1, 0.15) is 37.0 Å². The van der Waals surface area contributed by atoms with Crippen molar-refractivity contribution in [1.29, 1.82) is 0 Å². The van der Waals surface area contributed by atoms with Gasteiger partial charge in [-0.1, -0.05) is 23.2 Å². The van der Waals surface area contributed by atoms with Gasteiger partial charge in [0.1, 0.15) is 5.82 Å². The molecule has 22 heavy (non-hydrogen) atoms. The summed E-state index contributed by atoms with van der Waals surface area (Å²) in [5.74, 6) is -0.888. The molecule has 0 aliphatic carbocycles. The molecule has 1 saturated heterocycles. The van der Waals surface area contributed by atoms with Crippen LogP contribution in [0.5, 0.6) is 0 Å². The molecule has 0 spiro atoms. The zero-order valence-corrected chi connectivity index (χ0v) is 14.6. The third-order valence-corrected chi connectivity index (χ3v) is 4.94. The van der Waals surface area contributed by atoms with Crippen LogP contribution < -0.4 is 0 Å². The van der Waals surface area contributed by atoms with E-state index in [1.54, 1.807) is 11.9 Å². The van der Waals surface area contributed by atoms with Gasteiger partial charge in [0.15, 0.2) is 0 Å². The number of benzene rings is 1. The Morgan fingerprint density at radius 1 is 1.27 bits per heavy atom. The SMILES string of the molecule is CC(C)N1CCC(N(C)C(=O)c2cc(F)c(Cl)cc2Cl)CC1. The van der Waals surface area contributed by atoms with Gasteiger partial charge >= 0.3 is 0 Å². The van der Waals surface area contributed by atoms with Gasteiger partial charge in [-0.3, -0.25) is 4.79 Å². The Morgan fingerprint density at radius 2 is 1.86 bits per heavy atom. The lowest BCUT2D eigenvalue weighted by Crippen LogP contribution is -2.47. The number of hydrogen-bond acceptors (Lipinski definition) is 2. The van der Waals surface area contributed by atoms with Crippen molar-refractivity contribution in [2.24, 2.45) is 0 Å². The van der Waals surface area contributed by atoms with Crippen molar-refractivity contribution in [3.63, 3.8) is 0 Å². The quantitative estimate of drug-likeness (QED) is 0.770. The fraction of sp³-hybridized carbons (Fsp3) is 0.562. The number of nitrogens with zero attached hydrogens (tertiary/aromatic N) is 2. The number of likely N-dealkylation sites (tertiary alicyclic amines) is 1. The van der Waals surface area contributed by atoms with Crippen molar-refractivity contribution in [1.82, 2.24) is 9.80 Å². The van der Waals surface area contributed by atoms with Crippen LogP contribution in [0.4, 0.5) is 4.39 Å². The van der Waals surface area contributed by atoms with E-state index in [-0.39, 0.29) is 27.6 Å². The van der Waals surface area contributed by atoms with Crippen molar-refractivity contribution < 1.29 is 9.18 Å². The maximum atomic E-state index is 13.6. The molecule has 1 aromatic carbocycles. The lowest BCUT2D eigenvalue weighted by atomic mass is 10.0. The third-order valence-electron chi connectivity index (χ3n) is 4.34. The average molecular weight is 347 g/mol. The number of carbonyl (C=O) groups excluding carboxylic acids is 1. The molecule has 1 amide bonds. The van der Waals surface area contributed by atoms with Gasteiger partial charge in [0.25, 0.3) is 5.91 Å². The number of halogens is 3. The van der Waals surface area contributed by atoms with Crippen molar-refractivity contribution in [2.45, 2.75) is 38.8 Å². The van der Waals surface area contributed by atoms with Crippen molar-refractivity contribution in [2.75, 3.05) is 20.1 Å². The lowest BCUT2D eigenvalue weighted by molar-refractivity contribution is 0.0615. The first-order valence-corrected chi connectivity index (χ1v) is 8.22. The van der Waals surface area contributed by atoms with Crippen LogP contribution in [0.25, 0.3) is 0 Å². The fourth-order valence-electron chi connectivity index (χ4n) is 2.83. The molecule has 6 heteroatoms. The average Bonchev–Trinajstić information content (AvgIpc) is 2.49. The molecule has 1 aliphatic rings. The molecule has 3 nitrogen and oxygen atoms in total. The first-order chi connectivity index (χ1) is 10.3. The van der Waals surface area contributed by atoms with E-state index < -0.39 is 5.82 Å². The zero-order chi connectivity index (χ0) is 16.4. The molecule has 0 radical (unpaired) electrons. The van der Waals surface area contributed by atoms with Gasteiger partial charge in [-0.05, 0) is 38.8 Å². The predicted molar refractivity (Wildman–Crippen MR) is 88.2 cm³/mol. The highest BCUT2D eigenvalue weighted by molar-refractivity contribution is 6.36. The van der Waals surface area contributed by atoms with Crippen LogP contribution in [0.3, 0.4) is 0 Å². The summed E-state index contributed by atoms with van der Waals surface area (Å²) < 4.78 is 13.6. The topological polar surface area (TPSA) is 23.6 Å². The Labute approximate surface area is 141 Å². The first kappa shape index (κ1) is 17.5. The molecule has 0 aromatic heterocycles. The second-order valence-electron chi connectivity index (χ2n) is 6.02. The number of piperidine rings is 1. The number of rotatable bonds is 3. The number of hydrogen-bond donors (Lipinski definition) is 0. The molecule has 0 atom stereocenters. The van der Waals surface area contributed by atoms with Gasteiger partial charge in [0.2, 0.25) is 0 Å². The van der Waals surface area contributed by atoms with Crippen LogP contribution in [0.15, 0.2) is 12.1 Å². The van der Waals surface area contributed by atoms with Crippen LogP contribution >= 0.6 is 23.2 Å². The lowest BCUT2D eigenvalue weighted by Gasteiger charge is -2.38. The molecule has 1 aromatic rings. The maximum Gasteiger partial charge on any atom is 0.255 e. The second-order valence-corrected chi connectivity index (χ2v) is 6.84. The molecule has 2 rings (SSSR count). The minimum Gasteiger partial charge on any atom is -0.339 e. The van der Waals surface area contributed by atoms with Crippen molar-refractivity contribution in [3.8, 4) is 0 Å². The highest BCUT2D eigenvalue weighted by atomic mass is 35.5. The maximum absolute atomic E-state index is 13.6. The van der Waals surface area contributed by atoms with E-state index in [2.05, 4.69) is 18.7 Å². The van der Waals surface area contributed by atoms with Gasteiger partial charge in [-0.2, -0.15) is 0 Å². The summed E-state index contributed by atoms with van der Waals surface area (Å²) >= 11 is 11.7. The van der Waals surface area contributed by atoms with Crippen LogP contribution in [-0.4, -0.2) is 47.9 Å². The Balaban J connectivity index is 2.09. The molecule has 0 unspecified atom stereocenters. The summed E-state index contributed by atoms with van der Waals surface area (Å²) in [5, 5.41) is 0.109. The summed E-state index contributed by atoms with van der Waals surface area (Å²) in [6, 6.07) is 3.06. The molecule has 1 fully saturated rings. The highest BCUT2D eigenvalue weighted by Crippen LogP contribution is 2.27. The summed E-state index contributed by atoms with van der Waals surface area (Å²) in [7, 11) is 1.75. The summed E-state index contributed by atoms with van der Waals surface area (Å²) in [4.78, 5) is 16.6. The van der Waals surface area contributed by atoms with Gasteiger partial charge in [-0.15, -0.1) is 0 Å². The van der Waals surface area contributed by atoms with Gasteiger partial charge in [-0.25, -0.2) is 4.39 Å². The predicted octanol–water partition coefficient (Wildman–Crippen LogP) is 4.08. The molecular weight excluding hydrogens is 326 g/mol. The zero-order valence-electron chi connectivity index (χ0n) is 13.1. The minimum absolute atomic E-state index is 0.0746. The number of amides is 1. The van der Waals surface area contributed by atoms with Gasteiger partial charge in [0.05, 0.1) is 15.6 Å². The van der Waals surface area contributed by atoms with Gasteiger partial charge < -0.3 is 9.80 Å². The van der Waals surface area contributed by atoms with E-state index in [0.29, 0.717) is 6.04 Å². The third kappa shape index (κ3) is 3.73. The van der Waals surface area contributed by atoms with Crippen molar-refractivity contribution in [3.05, 3.63) is 33.6 Å². The second kappa shape index (κ2) is 7.16. The molecule has 0 saturated carbocycles. The molecule has 0 N–H and O–H groups in total. The Morgan fingerprint density at radius 3 is 2.41 bits per heavy atom. The summed E-state index contributed by atoms with van der Waals surface area (Å²) in [6.07, 6.45) is 1.82. The van der Waals surface area contributed by atoms with Crippen LogP contribution in [0.2, 0.25) is 10.0 Å². The summed E-state index contributed by atoms with van der Waals surface area (Å²) in [5.41, 5.74) is 0.164. The van der Waals surface area contributed by atoms with Gasteiger partial charge in [0, 0.05) is 32.2 Å². The Bertz CT molecular complexity index is 557. The van der Waals surface area contributed by atoms with Crippen LogP contribution in [0, 0.1) is 5.82 Å². The normalized spacial score (nSPS) is 17.0. The first-order valence-electron chi connectivity index (χ1n) is 7.47. The van der Waals surface area contributed by atoms with E-state index in [9.17, 15) is 9.18 Å².